The second-order valence-corrected chi connectivity index (χ2v) is 3.78. The highest BCUT2D eigenvalue weighted by molar-refractivity contribution is 5.47. The van der Waals surface area contributed by atoms with Gasteiger partial charge in [-0.25, -0.2) is 0 Å². The van der Waals surface area contributed by atoms with Gasteiger partial charge >= 0.3 is 0 Å². The molecule has 1 N–H and O–H groups in total. The summed E-state index contributed by atoms with van der Waals surface area (Å²) < 4.78 is 0. The topological polar surface area (TPSA) is 31.9 Å². The summed E-state index contributed by atoms with van der Waals surface area (Å²) in [7, 11) is 2.08. The number of benzene rings is 1. The summed E-state index contributed by atoms with van der Waals surface area (Å²) in [4.78, 5) is 2.19. The van der Waals surface area contributed by atoms with E-state index in [4.69, 9.17) is 0 Å². The zero-order valence-electron chi connectivity index (χ0n) is 9.07. The molecule has 0 aliphatic rings. The van der Waals surface area contributed by atoms with Crippen molar-refractivity contribution in [1.82, 2.24) is 10.2 Å². The van der Waals surface area contributed by atoms with Crippen molar-refractivity contribution in [2.75, 3.05) is 11.9 Å². The van der Waals surface area contributed by atoms with E-state index in [1.807, 2.05) is 6.07 Å². The zero-order chi connectivity index (χ0) is 10.7. The molecule has 0 fully saturated rings. The molecule has 0 unspecified atom stereocenters. The fraction of sp³-hybridized carbons (Fsp3) is 0.250. The van der Waals surface area contributed by atoms with Crippen molar-refractivity contribution in [2.45, 2.75) is 13.5 Å². The quantitative estimate of drug-likeness (QED) is 0.826. The minimum Gasteiger partial charge on any atom is -0.369 e. The van der Waals surface area contributed by atoms with Crippen LogP contribution in [0, 0.1) is 6.92 Å². The van der Waals surface area contributed by atoms with Crippen molar-refractivity contribution in [3.63, 3.8) is 0 Å². The monoisotopic (exact) mass is 201 g/mol. The van der Waals surface area contributed by atoms with E-state index >= 15 is 0 Å². The van der Waals surface area contributed by atoms with Crippen LogP contribution in [0.25, 0.3) is 0 Å². The maximum absolute atomic E-state index is 3.93. The van der Waals surface area contributed by atoms with Crippen molar-refractivity contribution >= 4 is 5.69 Å². The third-order valence-corrected chi connectivity index (χ3v) is 2.41. The highest BCUT2D eigenvalue weighted by Gasteiger charge is 2.02. The number of H-pyrrole nitrogens is 1. The Balaban J connectivity index is 2.11. The van der Waals surface area contributed by atoms with E-state index in [1.54, 1.807) is 6.20 Å². The lowest BCUT2D eigenvalue weighted by Crippen LogP contribution is -2.16. The molecule has 0 saturated heterocycles. The molecule has 0 bridgehead atoms. The first-order valence-electron chi connectivity index (χ1n) is 5.02. The summed E-state index contributed by atoms with van der Waals surface area (Å²) in [5.74, 6) is 0. The van der Waals surface area contributed by atoms with E-state index in [9.17, 15) is 0 Å². The van der Waals surface area contributed by atoms with Crippen LogP contribution in [0.4, 0.5) is 5.69 Å². The van der Waals surface area contributed by atoms with E-state index in [0.717, 1.165) is 12.2 Å². The number of nitrogens with zero attached hydrogens (tertiary/aromatic N) is 2. The number of aromatic nitrogens is 2. The minimum absolute atomic E-state index is 0.851. The van der Waals surface area contributed by atoms with Gasteiger partial charge in [0.2, 0.25) is 0 Å². The highest BCUT2D eigenvalue weighted by Crippen LogP contribution is 2.15. The van der Waals surface area contributed by atoms with Crippen molar-refractivity contribution < 1.29 is 0 Å². The molecule has 0 spiro atoms. The summed E-state index contributed by atoms with van der Waals surface area (Å²) in [5, 5.41) is 6.90. The van der Waals surface area contributed by atoms with Gasteiger partial charge in [-0.2, -0.15) is 5.10 Å². The molecule has 1 aromatic carbocycles. The second-order valence-electron chi connectivity index (χ2n) is 3.78. The summed E-state index contributed by atoms with van der Waals surface area (Å²) in [6.45, 7) is 2.96. The lowest BCUT2D eigenvalue weighted by atomic mass is 10.2. The number of hydrogen-bond acceptors (Lipinski definition) is 2. The number of aryl methyl sites for hydroxylation is 1. The molecule has 0 saturated carbocycles. The van der Waals surface area contributed by atoms with Crippen LogP contribution < -0.4 is 4.90 Å². The second kappa shape index (κ2) is 4.17. The van der Waals surface area contributed by atoms with Gasteiger partial charge < -0.3 is 4.90 Å². The van der Waals surface area contributed by atoms with E-state index < -0.39 is 0 Å². The van der Waals surface area contributed by atoms with Crippen LogP contribution in [0.5, 0.6) is 0 Å². The van der Waals surface area contributed by atoms with E-state index in [-0.39, 0.29) is 0 Å². The first kappa shape index (κ1) is 9.77. The predicted molar refractivity (Wildman–Crippen MR) is 61.9 cm³/mol. The lowest BCUT2D eigenvalue weighted by molar-refractivity contribution is 0.869. The molecule has 1 aromatic heterocycles. The summed E-state index contributed by atoms with van der Waals surface area (Å²) in [5.41, 5.74) is 3.63. The Labute approximate surface area is 89.7 Å². The molecule has 0 aliphatic heterocycles. The van der Waals surface area contributed by atoms with Crippen LogP contribution in [-0.4, -0.2) is 17.2 Å². The standard InChI is InChI=1S/C12H15N3/c1-10-4-3-5-12(8-10)15(2)9-11-6-7-13-14-11/h3-8H,9H2,1-2H3,(H,13,14). The average Bonchev–Trinajstić information content (AvgIpc) is 2.70. The van der Waals surface area contributed by atoms with Crippen molar-refractivity contribution in [3.8, 4) is 0 Å². The van der Waals surface area contributed by atoms with E-state index in [2.05, 4.69) is 53.3 Å². The molecule has 0 radical (unpaired) electrons. The molecule has 3 nitrogen and oxygen atoms in total. The molecule has 1 heterocycles. The zero-order valence-corrected chi connectivity index (χ0v) is 9.07. The Morgan fingerprint density at radius 3 is 2.87 bits per heavy atom. The van der Waals surface area contributed by atoms with Crippen LogP contribution in [0.1, 0.15) is 11.3 Å². The Morgan fingerprint density at radius 2 is 2.20 bits per heavy atom. The van der Waals surface area contributed by atoms with E-state index in [1.165, 1.54) is 11.3 Å². The largest absolute Gasteiger partial charge is 0.369 e. The molecule has 2 rings (SSSR count). The number of aromatic amines is 1. The van der Waals surface area contributed by atoms with Crippen molar-refractivity contribution in [1.29, 1.82) is 0 Å². The Hall–Kier alpha value is -1.77. The molecule has 78 valence electrons. The van der Waals surface area contributed by atoms with Gasteiger partial charge in [-0.15, -0.1) is 0 Å². The SMILES string of the molecule is Cc1cccc(N(C)Cc2ccn[nH]2)c1. The first-order valence-corrected chi connectivity index (χ1v) is 5.02. The summed E-state index contributed by atoms with van der Waals surface area (Å²) >= 11 is 0. The van der Waals surface area contributed by atoms with Gasteiger partial charge in [0.05, 0.1) is 12.2 Å². The normalized spacial score (nSPS) is 10.3. The van der Waals surface area contributed by atoms with Gasteiger partial charge in [0.15, 0.2) is 0 Å². The van der Waals surface area contributed by atoms with Crippen LogP contribution >= 0.6 is 0 Å². The molecule has 0 amide bonds. The summed E-state index contributed by atoms with van der Waals surface area (Å²) in [6.07, 6.45) is 1.78. The van der Waals surface area contributed by atoms with Crippen LogP contribution in [0.2, 0.25) is 0 Å². The third kappa shape index (κ3) is 2.37. The molecule has 3 heteroatoms. The molecular weight excluding hydrogens is 186 g/mol. The number of nitrogens with one attached hydrogen (secondary N) is 1. The van der Waals surface area contributed by atoms with Gasteiger partial charge in [0.1, 0.15) is 0 Å². The van der Waals surface area contributed by atoms with Gasteiger partial charge in [0, 0.05) is 18.9 Å². The smallest absolute Gasteiger partial charge is 0.0593 e. The van der Waals surface area contributed by atoms with Crippen LogP contribution in [-0.2, 0) is 6.54 Å². The average molecular weight is 201 g/mol. The lowest BCUT2D eigenvalue weighted by Gasteiger charge is -2.18. The number of anilines is 1. The predicted octanol–water partition coefficient (Wildman–Crippen LogP) is 2.35. The number of hydrogen-bond donors (Lipinski definition) is 1. The van der Waals surface area contributed by atoms with Gasteiger partial charge in [-0.05, 0) is 30.7 Å². The maximum atomic E-state index is 3.93. The maximum Gasteiger partial charge on any atom is 0.0593 e. The van der Waals surface area contributed by atoms with Crippen LogP contribution in [0.3, 0.4) is 0 Å². The summed E-state index contributed by atoms with van der Waals surface area (Å²) in [6, 6.07) is 10.5. The van der Waals surface area contributed by atoms with Crippen molar-refractivity contribution in [3.05, 3.63) is 47.8 Å². The fourth-order valence-electron chi connectivity index (χ4n) is 1.58. The van der Waals surface area contributed by atoms with Crippen molar-refractivity contribution in [2.24, 2.45) is 0 Å². The molecule has 0 atom stereocenters. The molecule has 15 heavy (non-hydrogen) atoms. The Morgan fingerprint density at radius 1 is 1.33 bits per heavy atom. The highest BCUT2D eigenvalue weighted by atomic mass is 15.2. The number of rotatable bonds is 3. The van der Waals surface area contributed by atoms with Gasteiger partial charge in [0.25, 0.3) is 0 Å². The molecule has 0 aliphatic carbocycles. The van der Waals surface area contributed by atoms with Gasteiger partial charge in [-0.3, -0.25) is 5.10 Å². The fourth-order valence-corrected chi connectivity index (χ4v) is 1.58. The third-order valence-electron chi connectivity index (χ3n) is 2.41. The Bertz CT molecular complexity index is 420. The molecule has 2 aromatic rings. The molecular formula is C12H15N3. The first-order chi connectivity index (χ1) is 7.25. The van der Waals surface area contributed by atoms with E-state index in [0.29, 0.717) is 0 Å². The minimum atomic E-state index is 0.851. The van der Waals surface area contributed by atoms with Gasteiger partial charge in [-0.1, -0.05) is 12.1 Å². The van der Waals surface area contributed by atoms with Crippen LogP contribution in [0.15, 0.2) is 36.5 Å². The Kier molecular flexibility index (Phi) is 2.72.